The summed E-state index contributed by atoms with van der Waals surface area (Å²) in [5.41, 5.74) is 1.55. The van der Waals surface area contributed by atoms with Gasteiger partial charge in [0.05, 0.1) is 10.6 Å². The number of benzene rings is 2. The fourth-order valence-corrected chi connectivity index (χ4v) is 2.93. The second kappa shape index (κ2) is 7.47. The van der Waals surface area contributed by atoms with Crippen LogP contribution in [0.1, 0.15) is 11.1 Å². The molecule has 144 valence electrons. The van der Waals surface area contributed by atoms with Crippen molar-refractivity contribution in [3.8, 4) is 0 Å². The van der Waals surface area contributed by atoms with Gasteiger partial charge in [0.2, 0.25) is 11.8 Å². The van der Waals surface area contributed by atoms with E-state index in [1.54, 1.807) is 37.3 Å². The molecule has 0 radical (unpaired) electrons. The van der Waals surface area contributed by atoms with E-state index < -0.39 is 28.7 Å². The van der Waals surface area contributed by atoms with Crippen LogP contribution in [0.2, 0.25) is 0 Å². The zero-order chi connectivity index (χ0) is 20.4. The van der Waals surface area contributed by atoms with Gasteiger partial charge in [-0.3, -0.25) is 19.7 Å². The molecule has 0 aromatic heterocycles. The van der Waals surface area contributed by atoms with Gasteiger partial charge in [-0.05, 0) is 31.5 Å². The van der Waals surface area contributed by atoms with Crippen LogP contribution < -0.4 is 15.5 Å². The summed E-state index contributed by atoms with van der Waals surface area (Å²) in [5.74, 6) is -2.63. The van der Waals surface area contributed by atoms with Gasteiger partial charge >= 0.3 is 6.03 Å². The van der Waals surface area contributed by atoms with E-state index in [0.29, 0.717) is 11.3 Å². The first-order chi connectivity index (χ1) is 13.3. The number of anilines is 2. The third-order valence-corrected chi connectivity index (χ3v) is 4.48. The average molecular weight is 382 g/mol. The van der Waals surface area contributed by atoms with Gasteiger partial charge in [-0.2, -0.15) is 0 Å². The van der Waals surface area contributed by atoms with Crippen molar-refractivity contribution in [1.82, 2.24) is 5.32 Å². The van der Waals surface area contributed by atoms with Gasteiger partial charge in [0.1, 0.15) is 11.6 Å². The van der Waals surface area contributed by atoms with Crippen molar-refractivity contribution in [3.05, 3.63) is 63.7 Å². The van der Waals surface area contributed by atoms with E-state index in [1.807, 2.05) is 6.92 Å². The fraction of sp³-hybridized carbons (Fsp3) is 0.211. The lowest BCUT2D eigenvalue weighted by molar-refractivity contribution is -0.384. The highest BCUT2D eigenvalue weighted by Gasteiger charge is 2.40. The Kier molecular flexibility index (Phi) is 5.08. The highest BCUT2D eigenvalue weighted by molar-refractivity contribution is 6.23. The van der Waals surface area contributed by atoms with Crippen LogP contribution in [0.3, 0.4) is 0 Å². The molecule has 1 heterocycles. The van der Waals surface area contributed by atoms with E-state index in [0.717, 1.165) is 10.5 Å². The number of para-hydroxylation sites is 1. The van der Waals surface area contributed by atoms with Crippen LogP contribution in [-0.2, 0) is 9.59 Å². The van der Waals surface area contributed by atoms with Crippen molar-refractivity contribution in [2.75, 3.05) is 16.8 Å². The fourth-order valence-electron chi connectivity index (χ4n) is 2.93. The quantitative estimate of drug-likeness (QED) is 0.478. The molecule has 4 amide bonds. The number of nitrogens with one attached hydrogen (secondary N) is 2. The standard InChI is InChI=1S/C19H18N4O5/c1-11-6-8-13(9-7-11)22-18(25)14(10-20-19(22)26)17(24)21-16-12(2)4-3-5-15(16)23(27)28/h3-9,14H,10H2,1-2H3,(H,20,26)(H,21,24). The first kappa shape index (κ1) is 19.0. The molecule has 1 atom stereocenters. The Labute approximate surface area is 160 Å². The second-order valence-corrected chi connectivity index (χ2v) is 6.46. The smallest absolute Gasteiger partial charge is 0.328 e. The van der Waals surface area contributed by atoms with Crippen LogP contribution in [0.4, 0.5) is 21.9 Å². The Morgan fingerprint density at radius 2 is 1.86 bits per heavy atom. The van der Waals surface area contributed by atoms with E-state index in [2.05, 4.69) is 10.6 Å². The van der Waals surface area contributed by atoms with Gasteiger partial charge < -0.3 is 10.6 Å². The molecule has 28 heavy (non-hydrogen) atoms. The predicted octanol–water partition coefficient (Wildman–Crippen LogP) is 2.52. The van der Waals surface area contributed by atoms with Gasteiger partial charge in [0, 0.05) is 12.6 Å². The molecule has 3 rings (SSSR count). The highest BCUT2D eigenvalue weighted by atomic mass is 16.6. The summed E-state index contributed by atoms with van der Waals surface area (Å²) in [6.07, 6.45) is 0. The number of aryl methyl sites for hydroxylation is 2. The molecule has 2 N–H and O–H groups in total. The number of hydrogen-bond acceptors (Lipinski definition) is 5. The van der Waals surface area contributed by atoms with Crippen molar-refractivity contribution < 1.29 is 19.3 Å². The minimum atomic E-state index is -1.21. The highest BCUT2D eigenvalue weighted by Crippen LogP contribution is 2.29. The van der Waals surface area contributed by atoms with Crippen molar-refractivity contribution in [3.63, 3.8) is 0 Å². The minimum absolute atomic E-state index is 0.0316. The molecule has 0 spiro atoms. The largest absolute Gasteiger partial charge is 0.336 e. The van der Waals surface area contributed by atoms with E-state index in [-0.39, 0.29) is 17.9 Å². The maximum atomic E-state index is 12.8. The van der Waals surface area contributed by atoms with Gasteiger partial charge in [0.15, 0.2) is 0 Å². The molecule has 2 aromatic carbocycles. The number of urea groups is 1. The lowest BCUT2D eigenvalue weighted by Gasteiger charge is -2.30. The molecule has 1 saturated heterocycles. The Hall–Kier alpha value is -3.75. The average Bonchev–Trinajstić information content (AvgIpc) is 2.64. The molecule has 1 aliphatic heterocycles. The lowest BCUT2D eigenvalue weighted by atomic mass is 10.0. The SMILES string of the molecule is Cc1ccc(N2C(=O)NCC(C(=O)Nc3c(C)cccc3[N+](=O)[O-])C2=O)cc1. The number of nitro benzene ring substituents is 1. The summed E-state index contributed by atoms with van der Waals surface area (Å²) >= 11 is 0. The lowest BCUT2D eigenvalue weighted by Crippen LogP contribution is -2.58. The molecule has 2 aromatic rings. The maximum Gasteiger partial charge on any atom is 0.328 e. The Balaban J connectivity index is 1.87. The molecule has 9 heteroatoms. The van der Waals surface area contributed by atoms with Gasteiger partial charge in [0.25, 0.3) is 5.69 Å². The normalized spacial score (nSPS) is 16.5. The number of nitro groups is 1. The number of amides is 4. The molecule has 0 bridgehead atoms. The van der Waals surface area contributed by atoms with E-state index in [1.165, 1.54) is 12.1 Å². The van der Waals surface area contributed by atoms with Crippen molar-refractivity contribution in [1.29, 1.82) is 0 Å². The van der Waals surface area contributed by atoms with E-state index in [9.17, 15) is 24.5 Å². The topological polar surface area (TPSA) is 122 Å². The van der Waals surface area contributed by atoms with Crippen molar-refractivity contribution in [2.45, 2.75) is 13.8 Å². The number of nitrogens with zero attached hydrogens (tertiary/aromatic N) is 2. The summed E-state index contributed by atoms with van der Waals surface area (Å²) in [7, 11) is 0. The maximum absolute atomic E-state index is 12.8. The molecule has 1 aliphatic rings. The monoisotopic (exact) mass is 382 g/mol. The van der Waals surface area contributed by atoms with Crippen molar-refractivity contribution >= 4 is 34.9 Å². The van der Waals surface area contributed by atoms with Gasteiger partial charge in [-0.1, -0.05) is 29.8 Å². The Morgan fingerprint density at radius 1 is 1.18 bits per heavy atom. The molecule has 1 fully saturated rings. The third kappa shape index (κ3) is 3.54. The number of rotatable bonds is 4. The molecular weight excluding hydrogens is 364 g/mol. The summed E-state index contributed by atoms with van der Waals surface area (Å²) in [6.45, 7) is 3.30. The van der Waals surface area contributed by atoms with Crippen molar-refractivity contribution in [2.24, 2.45) is 5.92 Å². The van der Waals surface area contributed by atoms with Crippen LogP contribution >= 0.6 is 0 Å². The Bertz CT molecular complexity index is 971. The van der Waals surface area contributed by atoms with Crippen LogP contribution in [0.25, 0.3) is 0 Å². The number of carbonyl (C=O) groups excluding carboxylic acids is 3. The van der Waals surface area contributed by atoms with Gasteiger partial charge in [-0.25, -0.2) is 9.69 Å². The van der Waals surface area contributed by atoms with Crippen LogP contribution in [0.15, 0.2) is 42.5 Å². The minimum Gasteiger partial charge on any atom is -0.336 e. The zero-order valence-corrected chi connectivity index (χ0v) is 15.3. The molecule has 0 saturated carbocycles. The Morgan fingerprint density at radius 3 is 2.50 bits per heavy atom. The van der Waals surface area contributed by atoms with Gasteiger partial charge in [-0.15, -0.1) is 0 Å². The first-order valence-electron chi connectivity index (χ1n) is 8.53. The summed E-state index contributed by atoms with van der Waals surface area (Å²) in [6, 6.07) is 10.5. The molecule has 1 unspecified atom stereocenters. The zero-order valence-electron chi connectivity index (χ0n) is 15.3. The summed E-state index contributed by atoms with van der Waals surface area (Å²) < 4.78 is 0. The third-order valence-electron chi connectivity index (χ3n) is 4.48. The summed E-state index contributed by atoms with van der Waals surface area (Å²) in [4.78, 5) is 49.2. The number of carbonyl (C=O) groups is 3. The molecule has 9 nitrogen and oxygen atoms in total. The molecule has 0 aliphatic carbocycles. The second-order valence-electron chi connectivity index (χ2n) is 6.46. The number of imide groups is 1. The summed E-state index contributed by atoms with van der Waals surface area (Å²) in [5, 5.41) is 16.2. The van der Waals surface area contributed by atoms with Crippen LogP contribution in [-0.4, -0.2) is 29.3 Å². The van der Waals surface area contributed by atoms with E-state index in [4.69, 9.17) is 0 Å². The first-order valence-corrected chi connectivity index (χ1v) is 8.53. The number of hydrogen-bond donors (Lipinski definition) is 2. The van der Waals surface area contributed by atoms with E-state index >= 15 is 0 Å². The van der Waals surface area contributed by atoms with Crippen LogP contribution in [0.5, 0.6) is 0 Å². The van der Waals surface area contributed by atoms with Crippen LogP contribution in [0, 0.1) is 29.9 Å². The predicted molar refractivity (Wildman–Crippen MR) is 102 cm³/mol. The molecular formula is C19H18N4O5.